The number of carbonyl (C=O) groups is 5. The Kier molecular flexibility index (Phi) is 23.7. The number of fused-ring (bicyclic) bond motifs is 9. The van der Waals surface area contributed by atoms with Gasteiger partial charge in [0.1, 0.15) is 29.1 Å². The van der Waals surface area contributed by atoms with Crippen molar-refractivity contribution in [3.63, 3.8) is 0 Å². The number of aryl methyl sites for hydroxylation is 4. The second-order valence-electron chi connectivity index (χ2n) is 34.5. The maximum Gasteiger partial charge on any atom is 0.256 e. The summed E-state index contributed by atoms with van der Waals surface area (Å²) in [4.78, 5) is 83.3. The first-order valence-electron chi connectivity index (χ1n) is 44.3. The van der Waals surface area contributed by atoms with E-state index in [1.807, 2.05) is 229 Å². The van der Waals surface area contributed by atoms with Gasteiger partial charge in [-0.25, -0.2) is 22.0 Å². The van der Waals surface area contributed by atoms with E-state index in [1.165, 1.54) is 18.2 Å². The van der Waals surface area contributed by atoms with Crippen LogP contribution in [0.15, 0.2) is 329 Å². The largest absolute Gasteiger partial charge is 0.351 e. The summed E-state index contributed by atoms with van der Waals surface area (Å²) < 4.78 is 81.0. The number of aromatic nitrogens is 10. The number of pyridine rings is 3. The highest BCUT2D eigenvalue weighted by Crippen LogP contribution is 2.37. The summed E-state index contributed by atoms with van der Waals surface area (Å²) in [6.07, 6.45) is 16.2. The molecule has 5 aliphatic rings. The zero-order valence-corrected chi connectivity index (χ0v) is 74.4. The number of carbonyl (C=O) groups excluding carboxylic acids is 5. The third kappa shape index (κ3) is 17.9. The van der Waals surface area contributed by atoms with Gasteiger partial charge in [-0.1, -0.05) is 158 Å². The quantitative estimate of drug-likeness (QED) is 0.0885. The summed E-state index contributed by atoms with van der Waals surface area (Å²) in [5.41, 5.74) is 22.1. The van der Waals surface area contributed by atoms with E-state index >= 15 is 0 Å². The second kappa shape index (κ2) is 37.0. The molecule has 5 aliphatic heterocycles. The third-order valence-electron chi connectivity index (χ3n) is 25.5. The minimum Gasteiger partial charge on any atom is -0.351 e. The topological polar surface area (TPSA) is 199 Å². The Balaban J connectivity index is 0.000000105. The van der Waals surface area contributed by atoms with E-state index in [2.05, 4.69) is 53.0 Å². The van der Waals surface area contributed by atoms with Crippen molar-refractivity contribution >= 4 is 73.0 Å². The van der Waals surface area contributed by atoms with Gasteiger partial charge < -0.3 is 29.1 Å². The number of halogens is 5. The van der Waals surface area contributed by atoms with Crippen LogP contribution in [-0.4, -0.2) is 103 Å². The van der Waals surface area contributed by atoms with E-state index in [1.54, 1.807) is 130 Å². The summed E-state index contributed by atoms with van der Waals surface area (Å²) in [6.45, 7) is 3.66. The Morgan fingerprint density at radius 1 is 0.287 bits per heavy atom. The smallest absolute Gasteiger partial charge is 0.256 e. The zero-order valence-electron chi connectivity index (χ0n) is 74.4. The van der Waals surface area contributed by atoms with Gasteiger partial charge in [0, 0.05) is 196 Å². The normalized spacial score (nSPS) is 13.3. The van der Waals surface area contributed by atoms with Crippen molar-refractivity contribution in [2.24, 2.45) is 28.2 Å². The van der Waals surface area contributed by atoms with Crippen molar-refractivity contribution in [1.29, 1.82) is 0 Å². The zero-order chi connectivity index (χ0) is 93.5. The maximum absolute atomic E-state index is 14.8. The van der Waals surface area contributed by atoms with E-state index in [9.17, 15) is 45.9 Å². The first-order chi connectivity index (χ1) is 66.1. The predicted octanol–water partition coefficient (Wildman–Crippen LogP) is 21.6. The average Bonchev–Trinajstić information content (AvgIpc) is 1.73. The molecule has 670 valence electrons. The van der Waals surface area contributed by atoms with Gasteiger partial charge in [0.05, 0.1) is 59.0 Å². The van der Waals surface area contributed by atoms with Crippen molar-refractivity contribution in [2.45, 2.75) is 65.4 Å². The molecule has 19 aromatic rings. The van der Waals surface area contributed by atoms with Gasteiger partial charge >= 0.3 is 0 Å². The molecule has 20 nitrogen and oxygen atoms in total. The van der Waals surface area contributed by atoms with Gasteiger partial charge in [-0.2, -0.15) is 15.3 Å². The molecule has 0 spiro atoms. The van der Waals surface area contributed by atoms with E-state index in [4.69, 9.17) is 0 Å². The highest BCUT2D eigenvalue weighted by Gasteiger charge is 2.34. The molecule has 0 bridgehead atoms. The highest BCUT2D eigenvalue weighted by atomic mass is 19.1. The Labute approximate surface area is 778 Å². The maximum atomic E-state index is 14.8. The van der Waals surface area contributed by atoms with Gasteiger partial charge in [0.2, 0.25) is 0 Å². The van der Waals surface area contributed by atoms with E-state index in [-0.39, 0.29) is 91.3 Å². The number of hydrogen-bond donors (Lipinski definition) is 0. The second-order valence-corrected chi connectivity index (χ2v) is 34.5. The number of benzene rings is 12. The molecular formula is C111H86F5N15O5. The molecule has 0 atom stereocenters. The van der Waals surface area contributed by atoms with Crippen LogP contribution >= 0.6 is 0 Å². The fourth-order valence-electron chi connectivity index (χ4n) is 18.2. The lowest BCUT2D eigenvalue weighted by molar-refractivity contribution is 0.0757. The van der Waals surface area contributed by atoms with E-state index in [0.717, 1.165) is 133 Å². The van der Waals surface area contributed by atoms with Crippen LogP contribution in [0.25, 0.3) is 99.1 Å². The third-order valence-corrected chi connectivity index (χ3v) is 25.5. The molecule has 7 aromatic heterocycles. The molecule has 24 rings (SSSR count). The lowest BCUT2D eigenvalue weighted by Crippen LogP contribution is -2.23. The molecule has 0 radical (unpaired) electrons. The summed E-state index contributed by atoms with van der Waals surface area (Å²) in [7, 11) is 7.59. The Morgan fingerprint density at radius 2 is 0.662 bits per heavy atom. The van der Waals surface area contributed by atoms with Crippen LogP contribution in [0, 0.1) is 29.1 Å². The summed E-state index contributed by atoms with van der Waals surface area (Å²) in [6, 6.07) is 83.6. The molecule has 12 aromatic carbocycles. The van der Waals surface area contributed by atoms with Crippen molar-refractivity contribution in [3.8, 4) is 55.6 Å². The van der Waals surface area contributed by atoms with Gasteiger partial charge in [-0.05, 0) is 193 Å². The molecular weight excluding hydrogens is 1720 g/mol. The van der Waals surface area contributed by atoms with Crippen LogP contribution in [0.2, 0.25) is 0 Å². The Morgan fingerprint density at radius 3 is 1.10 bits per heavy atom. The lowest BCUT2D eigenvalue weighted by Gasteiger charge is -2.16. The molecule has 0 aliphatic carbocycles. The monoisotopic (exact) mass is 1800 g/mol. The first kappa shape index (κ1) is 87.0. The lowest BCUT2D eigenvalue weighted by atomic mass is 10.0. The Hall–Kier alpha value is -17.0. The van der Waals surface area contributed by atoms with Crippen LogP contribution < -0.4 is 0 Å². The number of rotatable bonds is 15. The molecule has 0 N–H and O–H groups in total. The molecule has 0 unspecified atom stereocenters. The summed E-state index contributed by atoms with van der Waals surface area (Å²) >= 11 is 0. The van der Waals surface area contributed by atoms with Crippen LogP contribution in [0.4, 0.5) is 22.0 Å². The predicted molar refractivity (Wildman–Crippen MR) is 512 cm³/mol. The number of nitrogens with zero attached hydrogens (tertiary/aromatic N) is 15. The van der Waals surface area contributed by atoms with E-state index < -0.39 is 0 Å². The SMILES string of the molecule is Cn1cc(-c2ccc(CN3Cc4ccccc4C3=O)c(F)c2)cn1.Cn1cc2cc(-c3ccc(CN4Cc5ncccc5C4=O)c(F)c3)ccc2n1.Cn1ccc2ccc(-c3ccc(CN4Cc5ccccc5C4=O)c(F)c3)cc21.Cn1ncc2ccc(-c3ccc(CN4Cc5ncccc5C4=O)c(F)c3)cc21.O=C1c2ccccc2CN1Cc1ccc(-c2ccc3cnccc3c2)cc1F. The summed E-state index contributed by atoms with van der Waals surface area (Å²) in [5.74, 6) is -1.84. The van der Waals surface area contributed by atoms with Crippen LogP contribution in [-0.2, 0) is 93.6 Å². The first-order valence-corrected chi connectivity index (χ1v) is 44.3. The molecule has 25 heteroatoms. The van der Waals surface area contributed by atoms with Crippen molar-refractivity contribution in [2.75, 3.05) is 0 Å². The van der Waals surface area contributed by atoms with Gasteiger partial charge in [0.25, 0.3) is 29.5 Å². The van der Waals surface area contributed by atoms with Gasteiger partial charge in [-0.3, -0.25) is 53.0 Å². The van der Waals surface area contributed by atoms with E-state index in [0.29, 0.717) is 82.8 Å². The van der Waals surface area contributed by atoms with Crippen molar-refractivity contribution in [1.82, 2.24) is 73.4 Å². The standard InChI is InChI=1S/C24H19FN2O.C24H17FN2O.2C22H17FN4O.C19H16FN3O/c1-26-11-10-16-6-7-18(13-23(16)26)17-8-9-20(22(25)12-17)15-27-14-19-4-2-3-5-21(19)24(27)28;25-23-12-17(16-5-7-19-13-26-10-9-18(19)11-16)6-8-21(23)15-27-14-20-3-1-2-4-22(20)24(27)28;1-26-21-10-15(4-6-16(21)11-25-26)14-5-7-17(19(23)9-14)12-27-13-20-18(22(27)28)3-2-8-24-20;1-26-11-17-9-14(6-7-20(17)25-26)15-4-5-16(19(23)10-15)12-27-13-21-18(22(27)28)3-2-8-24-21;1-22-10-16(9-21-22)13-6-7-15(18(20)8-13)12-23-11-14-4-2-3-5-17(14)19(23)24/h2-13H,14-15H2,1H3;1-13H,14-15H2;2*2-11H,12-13H2,1H3;2-10H,11-12H2,1H3. The molecule has 0 saturated carbocycles. The number of amides is 5. The fraction of sp³-hybridized carbons (Fsp3) is 0.126. The highest BCUT2D eigenvalue weighted by molar-refractivity contribution is 6.01. The average molecular weight is 1800 g/mol. The minimum atomic E-state index is -0.320. The van der Waals surface area contributed by atoms with Crippen LogP contribution in [0.3, 0.4) is 0 Å². The van der Waals surface area contributed by atoms with Gasteiger partial charge in [-0.15, -0.1) is 0 Å². The molecule has 0 saturated heterocycles. The molecule has 5 amide bonds. The van der Waals surface area contributed by atoms with Crippen LogP contribution in [0.1, 0.15) is 108 Å². The molecule has 136 heavy (non-hydrogen) atoms. The minimum absolute atomic E-state index is 0.0340. The summed E-state index contributed by atoms with van der Waals surface area (Å²) in [5, 5.41) is 18.0. The number of hydrogen-bond acceptors (Lipinski definition) is 11. The van der Waals surface area contributed by atoms with Crippen molar-refractivity contribution in [3.05, 3.63) is 442 Å². The Bertz CT molecular complexity index is 7780. The molecule has 0 fully saturated rings. The van der Waals surface area contributed by atoms with Crippen molar-refractivity contribution < 1.29 is 45.9 Å². The van der Waals surface area contributed by atoms with Crippen LogP contribution in [0.5, 0.6) is 0 Å². The van der Waals surface area contributed by atoms with Gasteiger partial charge in [0.15, 0.2) is 0 Å². The molecule has 12 heterocycles. The fourth-order valence-corrected chi connectivity index (χ4v) is 18.2.